The summed E-state index contributed by atoms with van der Waals surface area (Å²) in [5.41, 5.74) is 1.57. The monoisotopic (exact) mass is 458 g/mol. The maximum Gasteiger partial charge on any atom is 0.254 e. The molecular weight excluding hydrogens is 432 g/mol. The molecule has 4 rings (SSSR count). The molecule has 0 bridgehead atoms. The molecule has 7 nitrogen and oxygen atoms in total. The maximum atomic E-state index is 13.1. The van der Waals surface area contributed by atoms with Crippen LogP contribution in [0.4, 0.5) is 0 Å². The number of amides is 2. The van der Waals surface area contributed by atoms with Gasteiger partial charge in [0.05, 0.1) is 12.1 Å². The largest absolute Gasteiger partial charge is 0.497 e. The van der Waals surface area contributed by atoms with Crippen LogP contribution in [-0.2, 0) is 11.2 Å². The van der Waals surface area contributed by atoms with Crippen LogP contribution in [0.3, 0.4) is 0 Å². The number of hydrogen-bond acceptors (Lipinski definition) is 5. The van der Waals surface area contributed by atoms with Crippen LogP contribution >= 0.6 is 11.6 Å². The van der Waals surface area contributed by atoms with Crippen LogP contribution < -0.4 is 14.2 Å². The molecule has 2 heterocycles. The fraction of sp³-hybridized carbons (Fsp3) is 0.417. The Morgan fingerprint density at radius 1 is 1.00 bits per heavy atom. The lowest BCUT2D eigenvalue weighted by Crippen LogP contribution is -2.37. The van der Waals surface area contributed by atoms with Gasteiger partial charge >= 0.3 is 0 Å². The lowest BCUT2D eigenvalue weighted by molar-refractivity contribution is -0.131. The van der Waals surface area contributed by atoms with Crippen molar-refractivity contribution in [1.29, 1.82) is 0 Å². The molecule has 32 heavy (non-hydrogen) atoms. The van der Waals surface area contributed by atoms with Crippen LogP contribution in [0.1, 0.15) is 28.8 Å². The summed E-state index contributed by atoms with van der Waals surface area (Å²) < 4.78 is 16.3. The average Bonchev–Trinajstić information content (AvgIpc) is 3.09. The van der Waals surface area contributed by atoms with Crippen LogP contribution in [0.25, 0.3) is 0 Å². The highest BCUT2D eigenvalue weighted by atomic mass is 35.5. The topological polar surface area (TPSA) is 68.3 Å². The van der Waals surface area contributed by atoms with E-state index >= 15 is 0 Å². The zero-order valence-corrected chi connectivity index (χ0v) is 18.9. The third-order valence-corrected chi connectivity index (χ3v) is 6.05. The van der Waals surface area contributed by atoms with Gasteiger partial charge in [-0.3, -0.25) is 9.59 Å². The first kappa shape index (κ1) is 22.3. The van der Waals surface area contributed by atoms with E-state index in [1.807, 2.05) is 29.2 Å². The second kappa shape index (κ2) is 10.1. The first-order valence-electron chi connectivity index (χ1n) is 10.8. The van der Waals surface area contributed by atoms with Crippen LogP contribution in [0.5, 0.6) is 17.2 Å². The van der Waals surface area contributed by atoms with E-state index in [2.05, 4.69) is 0 Å². The minimum Gasteiger partial charge on any atom is -0.497 e. The van der Waals surface area contributed by atoms with Gasteiger partial charge < -0.3 is 24.0 Å². The zero-order chi connectivity index (χ0) is 22.5. The molecule has 8 heteroatoms. The number of ether oxygens (including phenoxy) is 3. The van der Waals surface area contributed by atoms with Crippen molar-refractivity contribution in [3.8, 4) is 17.2 Å². The van der Waals surface area contributed by atoms with E-state index in [0.29, 0.717) is 74.3 Å². The number of halogens is 1. The van der Waals surface area contributed by atoms with E-state index in [1.165, 1.54) is 0 Å². The van der Waals surface area contributed by atoms with Gasteiger partial charge in [0.25, 0.3) is 5.91 Å². The van der Waals surface area contributed by atoms with Crippen molar-refractivity contribution < 1.29 is 23.8 Å². The van der Waals surface area contributed by atoms with Crippen molar-refractivity contribution >= 4 is 23.4 Å². The van der Waals surface area contributed by atoms with Gasteiger partial charge in [0.1, 0.15) is 19.0 Å². The molecule has 2 amide bonds. The molecule has 0 aliphatic carbocycles. The van der Waals surface area contributed by atoms with E-state index in [9.17, 15) is 9.59 Å². The fourth-order valence-corrected chi connectivity index (χ4v) is 4.25. The molecule has 170 valence electrons. The molecule has 0 radical (unpaired) electrons. The maximum absolute atomic E-state index is 13.1. The Morgan fingerprint density at radius 3 is 2.50 bits per heavy atom. The van der Waals surface area contributed by atoms with Gasteiger partial charge in [0.15, 0.2) is 11.5 Å². The summed E-state index contributed by atoms with van der Waals surface area (Å²) in [4.78, 5) is 29.5. The SMILES string of the molecule is COc1ccc(CCC(=O)N2CCCN(C(=O)c3cc(Cl)c4c(c3)OCCO4)CC2)cc1. The summed E-state index contributed by atoms with van der Waals surface area (Å²) in [6.07, 6.45) is 1.86. The highest BCUT2D eigenvalue weighted by Crippen LogP contribution is 2.38. The standard InChI is InChI=1S/C24H27ClN2O5/c1-30-19-6-3-17(4-7-19)5-8-22(28)26-9-2-10-27(12-11-26)24(29)18-15-20(25)23-21(16-18)31-13-14-32-23/h3-4,6-7,15-16H,2,5,8-14H2,1H3. The molecule has 2 aliphatic rings. The van der Waals surface area contributed by atoms with Gasteiger partial charge in [0.2, 0.25) is 5.91 Å². The minimum atomic E-state index is -0.114. The van der Waals surface area contributed by atoms with E-state index in [4.69, 9.17) is 25.8 Å². The summed E-state index contributed by atoms with van der Waals surface area (Å²) in [7, 11) is 1.63. The van der Waals surface area contributed by atoms with Crippen LogP contribution in [0.15, 0.2) is 36.4 Å². The highest BCUT2D eigenvalue weighted by molar-refractivity contribution is 6.32. The van der Waals surface area contributed by atoms with Crippen molar-refractivity contribution in [3.63, 3.8) is 0 Å². The number of methoxy groups -OCH3 is 1. The normalized spacial score (nSPS) is 15.8. The van der Waals surface area contributed by atoms with Gasteiger partial charge in [-0.05, 0) is 42.7 Å². The lowest BCUT2D eigenvalue weighted by Gasteiger charge is -2.24. The highest BCUT2D eigenvalue weighted by Gasteiger charge is 2.25. The average molecular weight is 459 g/mol. The Kier molecular flexibility index (Phi) is 7.05. The number of carbonyl (C=O) groups excluding carboxylic acids is 2. The van der Waals surface area contributed by atoms with Crippen molar-refractivity contribution in [1.82, 2.24) is 9.80 Å². The predicted molar refractivity (Wildman–Crippen MR) is 121 cm³/mol. The third kappa shape index (κ3) is 5.10. The molecule has 2 aliphatic heterocycles. The second-order valence-electron chi connectivity index (χ2n) is 7.86. The number of carbonyl (C=O) groups is 2. The molecule has 0 N–H and O–H groups in total. The third-order valence-electron chi connectivity index (χ3n) is 5.77. The smallest absolute Gasteiger partial charge is 0.254 e. The van der Waals surface area contributed by atoms with Crippen molar-refractivity contribution in [2.24, 2.45) is 0 Å². The second-order valence-corrected chi connectivity index (χ2v) is 8.26. The molecule has 0 unspecified atom stereocenters. The Bertz CT molecular complexity index is 979. The van der Waals surface area contributed by atoms with Crippen LogP contribution in [0, 0.1) is 0 Å². The number of benzene rings is 2. The number of fused-ring (bicyclic) bond motifs is 1. The van der Waals surface area contributed by atoms with Gasteiger partial charge in [-0.1, -0.05) is 23.7 Å². The van der Waals surface area contributed by atoms with E-state index < -0.39 is 0 Å². The molecule has 0 aromatic heterocycles. The molecule has 1 fully saturated rings. The molecule has 0 atom stereocenters. The summed E-state index contributed by atoms with van der Waals surface area (Å²) in [6, 6.07) is 11.1. The van der Waals surface area contributed by atoms with Crippen molar-refractivity contribution in [2.75, 3.05) is 46.5 Å². The Balaban J connectivity index is 1.33. The van der Waals surface area contributed by atoms with Crippen LogP contribution in [-0.4, -0.2) is 68.1 Å². The van der Waals surface area contributed by atoms with Crippen molar-refractivity contribution in [2.45, 2.75) is 19.3 Å². The molecular formula is C24H27ClN2O5. The quantitative estimate of drug-likeness (QED) is 0.686. The molecule has 0 saturated carbocycles. The van der Waals surface area contributed by atoms with E-state index in [1.54, 1.807) is 24.1 Å². The first-order chi connectivity index (χ1) is 15.5. The number of aryl methyl sites for hydroxylation is 1. The Morgan fingerprint density at radius 2 is 1.72 bits per heavy atom. The number of rotatable bonds is 5. The van der Waals surface area contributed by atoms with Gasteiger partial charge in [-0.25, -0.2) is 0 Å². The van der Waals surface area contributed by atoms with Crippen molar-refractivity contribution in [3.05, 3.63) is 52.5 Å². The molecule has 0 spiro atoms. The van der Waals surface area contributed by atoms with Gasteiger partial charge in [-0.2, -0.15) is 0 Å². The van der Waals surface area contributed by atoms with Gasteiger partial charge in [-0.15, -0.1) is 0 Å². The molecule has 2 aromatic carbocycles. The number of nitrogens with zero attached hydrogens (tertiary/aromatic N) is 2. The first-order valence-corrected chi connectivity index (χ1v) is 11.2. The Labute approximate surface area is 192 Å². The van der Waals surface area contributed by atoms with E-state index in [0.717, 1.165) is 17.7 Å². The van der Waals surface area contributed by atoms with E-state index in [-0.39, 0.29) is 11.8 Å². The summed E-state index contributed by atoms with van der Waals surface area (Å²) in [6.45, 7) is 3.11. The summed E-state index contributed by atoms with van der Waals surface area (Å²) in [5.74, 6) is 1.78. The predicted octanol–water partition coefficient (Wildman–Crippen LogP) is 3.43. The van der Waals surface area contributed by atoms with Crippen LogP contribution in [0.2, 0.25) is 5.02 Å². The summed E-state index contributed by atoms with van der Waals surface area (Å²) >= 11 is 6.29. The van der Waals surface area contributed by atoms with Gasteiger partial charge in [0, 0.05) is 38.2 Å². The molecule has 2 aromatic rings. The Hall–Kier alpha value is -2.93. The zero-order valence-electron chi connectivity index (χ0n) is 18.1. The number of hydrogen-bond donors (Lipinski definition) is 0. The molecule has 1 saturated heterocycles. The minimum absolute atomic E-state index is 0.109. The lowest BCUT2D eigenvalue weighted by atomic mass is 10.1. The summed E-state index contributed by atoms with van der Waals surface area (Å²) in [5, 5.41) is 0.371. The fourth-order valence-electron chi connectivity index (χ4n) is 3.99.